The second-order valence-corrected chi connectivity index (χ2v) is 6.47. The Morgan fingerprint density at radius 2 is 1.88 bits per heavy atom. The first-order chi connectivity index (χ1) is 7.99. The van der Waals surface area contributed by atoms with Gasteiger partial charge in [0.05, 0.1) is 0 Å². The molecule has 0 aliphatic rings. The van der Waals surface area contributed by atoms with Gasteiger partial charge in [0.1, 0.15) is 6.10 Å². The minimum atomic E-state index is -0.538. The molecular weight excluding hydrogens is 296 g/mol. The molecule has 1 atom stereocenters. The molecule has 1 N–H and O–H groups in total. The lowest BCUT2D eigenvalue weighted by Gasteiger charge is -2.13. The second-order valence-electron chi connectivity index (χ2n) is 4.33. The van der Waals surface area contributed by atoms with Gasteiger partial charge in [-0.05, 0) is 49.6 Å². The van der Waals surface area contributed by atoms with Crippen molar-refractivity contribution in [1.82, 2.24) is 0 Å². The number of aryl methyl sites for hydroxylation is 3. The van der Waals surface area contributed by atoms with Crippen LogP contribution in [0.5, 0.6) is 0 Å². The quantitative estimate of drug-likeness (QED) is 0.864. The summed E-state index contributed by atoms with van der Waals surface area (Å²) < 4.78 is 0.968. The van der Waals surface area contributed by atoms with E-state index in [1.807, 2.05) is 32.0 Å². The van der Waals surface area contributed by atoms with Gasteiger partial charge < -0.3 is 5.11 Å². The molecule has 1 unspecified atom stereocenters. The van der Waals surface area contributed by atoms with E-state index in [1.165, 1.54) is 10.4 Å². The predicted octanol–water partition coefficient (Wildman–Crippen LogP) is 4.52. The van der Waals surface area contributed by atoms with Gasteiger partial charge in [0.15, 0.2) is 0 Å². The van der Waals surface area contributed by atoms with Crippen LogP contribution >= 0.6 is 27.3 Å². The van der Waals surface area contributed by atoms with E-state index in [0.29, 0.717) is 0 Å². The Morgan fingerprint density at radius 1 is 1.18 bits per heavy atom. The number of halogens is 1. The van der Waals surface area contributed by atoms with Crippen molar-refractivity contribution in [2.45, 2.75) is 26.9 Å². The molecule has 1 heterocycles. The first-order valence-corrected chi connectivity index (χ1v) is 7.11. The van der Waals surface area contributed by atoms with E-state index >= 15 is 0 Å². The highest BCUT2D eigenvalue weighted by atomic mass is 79.9. The monoisotopic (exact) mass is 310 g/mol. The van der Waals surface area contributed by atoms with Crippen LogP contribution in [0.25, 0.3) is 0 Å². The molecule has 3 heteroatoms. The van der Waals surface area contributed by atoms with Crippen LogP contribution in [-0.4, -0.2) is 5.11 Å². The summed E-state index contributed by atoms with van der Waals surface area (Å²) in [6.45, 7) is 6.16. The third-order valence-corrected chi connectivity index (χ3v) is 4.67. The van der Waals surface area contributed by atoms with Crippen molar-refractivity contribution in [3.05, 3.63) is 55.2 Å². The lowest BCUT2D eigenvalue weighted by Crippen LogP contribution is -2.00. The molecular formula is C14H15BrOS. The van der Waals surface area contributed by atoms with E-state index in [-0.39, 0.29) is 0 Å². The Balaban J connectivity index is 2.43. The summed E-state index contributed by atoms with van der Waals surface area (Å²) in [6, 6.07) is 8.16. The van der Waals surface area contributed by atoms with Gasteiger partial charge in [-0.25, -0.2) is 0 Å². The molecule has 0 radical (unpaired) electrons. The van der Waals surface area contributed by atoms with Crippen LogP contribution in [-0.2, 0) is 0 Å². The van der Waals surface area contributed by atoms with Crippen molar-refractivity contribution >= 4 is 27.3 Å². The summed E-state index contributed by atoms with van der Waals surface area (Å²) in [7, 11) is 0. The molecule has 1 nitrogen and oxygen atoms in total. The average molecular weight is 311 g/mol. The number of aliphatic hydroxyl groups excluding tert-OH is 1. The summed E-state index contributed by atoms with van der Waals surface area (Å²) in [5.41, 5.74) is 3.28. The Hall–Kier alpha value is -0.640. The van der Waals surface area contributed by atoms with Gasteiger partial charge in [0.25, 0.3) is 0 Å². The fourth-order valence-electron chi connectivity index (χ4n) is 1.93. The molecule has 90 valence electrons. The van der Waals surface area contributed by atoms with E-state index in [0.717, 1.165) is 20.5 Å². The zero-order valence-electron chi connectivity index (χ0n) is 10.1. The Morgan fingerprint density at radius 3 is 2.41 bits per heavy atom. The molecule has 0 bridgehead atoms. The lowest BCUT2D eigenvalue weighted by molar-refractivity contribution is 0.222. The Bertz CT molecular complexity index is 545. The van der Waals surface area contributed by atoms with Gasteiger partial charge in [-0.2, -0.15) is 0 Å². The van der Waals surface area contributed by atoms with Crippen LogP contribution in [0.4, 0.5) is 0 Å². The normalized spacial score (nSPS) is 12.8. The zero-order valence-corrected chi connectivity index (χ0v) is 12.5. The predicted molar refractivity (Wildman–Crippen MR) is 76.7 cm³/mol. The fourth-order valence-corrected chi connectivity index (χ4v) is 3.68. The minimum Gasteiger partial charge on any atom is -0.383 e. The molecule has 0 amide bonds. The Kier molecular flexibility index (Phi) is 3.71. The number of aliphatic hydroxyl groups is 1. The molecule has 0 saturated carbocycles. The van der Waals surface area contributed by atoms with Crippen molar-refractivity contribution < 1.29 is 5.11 Å². The summed E-state index contributed by atoms with van der Waals surface area (Å²) in [6.07, 6.45) is -0.538. The molecule has 0 saturated heterocycles. The Labute approximate surface area is 114 Å². The first kappa shape index (κ1) is 12.8. The summed E-state index contributed by atoms with van der Waals surface area (Å²) in [5.74, 6) is 0. The maximum atomic E-state index is 10.4. The van der Waals surface area contributed by atoms with Crippen LogP contribution in [0.3, 0.4) is 0 Å². The first-order valence-electron chi connectivity index (χ1n) is 5.50. The van der Waals surface area contributed by atoms with Gasteiger partial charge in [-0.1, -0.05) is 28.1 Å². The highest BCUT2D eigenvalue weighted by molar-refractivity contribution is 9.10. The molecule has 0 spiro atoms. The smallest absolute Gasteiger partial charge is 0.115 e. The van der Waals surface area contributed by atoms with E-state index in [2.05, 4.69) is 28.9 Å². The molecule has 1 aromatic carbocycles. The highest BCUT2D eigenvalue weighted by Crippen LogP contribution is 2.35. The second kappa shape index (κ2) is 4.92. The van der Waals surface area contributed by atoms with Crippen LogP contribution < -0.4 is 0 Å². The SMILES string of the molecule is Cc1ccc(C(O)c2sc(C)cc2C)c(Br)c1. The topological polar surface area (TPSA) is 20.2 Å². The van der Waals surface area contributed by atoms with Crippen molar-refractivity contribution in [3.63, 3.8) is 0 Å². The van der Waals surface area contributed by atoms with E-state index < -0.39 is 6.10 Å². The zero-order chi connectivity index (χ0) is 12.6. The van der Waals surface area contributed by atoms with Gasteiger partial charge in [0, 0.05) is 14.2 Å². The number of rotatable bonds is 2. The van der Waals surface area contributed by atoms with E-state index in [4.69, 9.17) is 0 Å². The van der Waals surface area contributed by atoms with Gasteiger partial charge in [-0.3, -0.25) is 0 Å². The van der Waals surface area contributed by atoms with Crippen molar-refractivity contribution in [2.75, 3.05) is 0 Å². The molecule has 0 aliphatic heterocycles. The third kappa shape index (κ3) is 2.62. The number of hydrogen-bond donors (Lipinski definition) is 1. The van der Waals surface area contributed by atoms with Crippen LogP contribution in [0.1, 0.15) is 32.5 Å². The standard InChI is InChI=1S/C14H15BrOS/c1-8-4-5-11(12(15)6-8)13(16)14-9(2)7-10(3)17-14/h4-7,13,16H,1-3H3. The molecule has 1 aromatic heterocycles. The third-order valence-electron chi connectivity index (χ3n) is 2.78. The van der Waals surface area contributed by atoms with Crippen LogP contribution in [0, 0.1) is 20.8 Å². The summed E-state index contributed by atoms with van der Waals surface area (Å²) >= 11 is 5.18. The van der Waals surface area contributed by atoms with Crippen molar-refractivity contribution in [2.24, 2.45) is 0 Å². The molecule has 2 aromatic rings. The van der Waals surface area contributed by atoms with Crippen LogP contribution in [0.2, 0.25) is 0 Å². The van der Waals surface area contributed by atoms with E-state index in [1.54, 1.807) is 11.3 Å². The molecule has 0 aliphatic carbocycles. The van der Waals surface area contributed by atoms with Crippen molar-refractivity contribution in [1.29, 1.82) is 0 Å². The van der Waals surface area contributed by atoms with Crippen molar-refractivity contribution in [3.8, 4) is 0 Å². The summed E-state index contributed by atoms with van der Waals surface area (Å²) in [5, 5.41) is 10.4. The highest BCUT2D eigenvalue weighted by Gasteiger charge is 2.17. The number of thiophene rings is 1. The average Bonchev–Trinajstić information content (AvgIpc) is 2.57. The number of hydrogen-bond acceptors (Lipinski definition) is 2. The van der Waals surface area contributed by atoms with E-state index in [9.17, 15) is 5.11 Å². The molecule has 0 fully saturated rings. The van der Waals surface area contributed by atoms with Gasteiger partial charge in [0.2, 0.25) is 0 Å². The van der Waals surface area contributed by atoms with Crippen LogP contribution in [0.15, 0.2) is 28.7 Å². The number of benzene rings is 1. The van der Waals surface area contributed by atoms with Gasteiger partial charge in [-0.15, -0.1) is 11.3 Å². The van der Waals surface area contributed by atoms with Gasteiger partial charge >= 0.3 is 0 Å². The lowest BCUT2D eigenvalue weighted by atomic mass is 10.0. The molecule has 2 rings (SSSR count). The maximum absolute atomic E-state index is 10.4. The summed E-state index contributed by atoms with van der Waals surface area (Å²) in [4.78, 5) is 2.27. The fraction of sp³-hybridized carbons (Fsp3) is 0.286. The minimum absolute atomic E-state index is 0.538. The molecule has 17 heavy (non-hydrogen) atoms. The maximum Gasteiger partial charge on any atom is 0.115 e. The largest absolute Gasteiger partial charge is 0.383 e.